The van der Waals surface area contributed by atoms with E-state index in [4.69, 9.17) is 9.47 Å². The van der Waals surface area contributed by atoms with Crippen LogP contribution < -0.4 is 0 Å². The van der Waals surface area contributed by atoms with E-state index in [9.17, 15) is 9.59 Å². The van der Waals surface area contributed by atoms with E-state index in [0.717, 1.165) is 74.4 Å². The van der Waals surface area contributed by atoms with E-state index in [1.165, 1.54) is 77.0 Å². The number of hydrogen-bond acceptors (Lipinski definition) is 6. The van der Waals surface area contributed by atoms with Crippen molar-refractivity contribution in [3.63, 3.8) is 0 Å². The van der Waals surface area contributed by atoms with Crippen LogP contribution in [0, 0.1) is 0 Å². The van der Waals surface area contributed by atoms with Crippen molar-refractivity contribution in [1.29, 1.82) is 0 Å². The summed E-state index contributed by atoms with van der Waals surface area (Å²) in [7, 11) is 0. The number of rotatable bonds is 33. The van der Waals surface area contributed by atoms with Crippen molar-refractivity contribution >= 4 is 11.6 Å². The van der Waals surface area contributed by atoms with Gasteiger partial charge in [-0.25, -0.2) is 0 Å². The molecule has 0 unspecified atom stereocenters. The first kappa shape index (κ1) is 43.8. The normalized spacial score (nSPS) is 11.6. The Morgan fingerprint density at radius 2 is 0.820 bits per heavy atom. The molecule has 2 aromatic carbocycles. The van der Waals surface area contributed by atoms with E-state index in [1.54, 1.807) is 0 Å². The standard InChI is InChI=1S/C44H72N2O4/c1-5-9-13-19-31-45(29-11-7-3)33-21-25-41(47)37-49-35-39-23-15-17-27-43(39)44-28-18-16-24-40(44)36-50-38-42(48)26-22-34-46(30-12-8-4)32-20-14-10-6-2/h15-18,23-24,27-28H,5-14,19-22,25-26,29-38H2,1-4H3. The molecule has 0 spiro atoms. The van der Waals surface area contributed by atoms with Gasteiger partial charge in [-0.2, -0.15) is 0 Å². The third-order valence-electron chi connectivity index (χ3n) is 9.54. The van der Waals surface area contributed by atoms with E-state index in [0.29, 0.717) is 26.1 Å². The molecule has 282 valence electrons. The molecule has 0 amide bonds. The molecule has 0 fully saturated rings. The Morgan fingerprint density at radius 3 is 1.22 bits per heavy atom. The number of Topliss-reactive ketones (excluding diaryl/α,β-unsaturated/α-hetero) is 2. The molecule has 6 heteroatoms. The van der Waals surface area contributed by atoms with Crippen LogP contribution in [0.15, 0.2) is 48.5 Å². The van der Waals surface area contributed by atoms with Gasteiger partial charge in [-0.15, -0.1) is 0 Å². The monoisotopic (exact) mass is 693 g/mol. The van der Waals surface area contributed by atoms with Crippen LogP contribution in [0.25, 0.3) is 11.1 Å². The molecule has 0 saturated heterocycles. The van der Waals surface area contributed by atoms with Gasteiger partial charge in [-0.3, -0.25) is 9.59 Å². The van der Waals surface area contributed by atoms with E-state index in [2.05, 4.69) is 61.8 Å². The fourth-order valence-electron chi connectivity index (χ4n) is 6.47. The Balaban J connectivity index is 1.81. The average Bonchev–Trinajstić information content (AvgIpc) is 3.13. The first-order chi connectivity index (χ1) is 24.5. The fraction of sp³-hybridized carbons (Fsp3) is 0.682. The van der Waals surface area contributed by atoms with Gasteiger partial charge in [0, 0.05) is 12.8 Å². The summed E-state index contributed by atoms with van der Waals surface area (Å²) >= 11 is 0. The van der Waals surface area contributed by atoms with Crippen LogP contribution in [0.3, 0.4) is 0 Å². The Kier molecular flexibility index (Phi) is 25.6. The van der Waals surface area contributed by atoms with E-state index in [1.807, 2.05) is 24.3 Å². The predicted octanol–water partition coefficient (Wildman–Crippen LogP) is 10.5. The highest BCUT2D eigenvalue weighted by Crippen LogP contribution is 2.28. The summed E-state index contributed by atoms with van der Waals surface area (Å²) in [6, 6.07) is 16.4. The van der Waals surface area contributed by atoms with Crippen molar-refractivity contribution in [2.75, 3.05) is 52.5 Å². The molecule has 0 aliphatic heterocycles. The molecule has 0 radical (unpaired) electrons. The SMILES string of the molecule is CCCCCCN(CCCC)CCCC(=O)COCc1ccccc1-c1ccccc1COCC(=O)CCCN(CCCC)CCCCCC. The van der Waals surface area contributed by atoms with Crippen molar-refractivity contribution in [3.05, 3.63) is 59.7 Å². The van der Waals surface area contributed by atoms with Crippen LogP contribution in [0.4, 0.5) is 0 Å². The molecule has 0 saturated carbocycles. The van der Waals surface area contributed by atoms with Crippen LogP contribution in [0.1, 0.15) is 142 Å². The topological polar surface area (TPSA) is 59.1 Å². The Bertz CT molecular complexity index is 1060. The smallest absolute Gasteiger partial charge is 0.158 e. The van der Waals surface area contributed by atoms with Crippen molar-refractivity contribution in [1.82, 2.24) is 9.80 Å². The average molecular weight is 693 g/mol. The van der Waals surface area contributed by atoms with Crippen molar-refractivity contribution < 1.29 is 19.1 Å². The molecule has 0 atom stereocenters. The molecule has 0 heterocycles. The number of ketones is 2. The fourth-order valence-corrected chi connectivity index (χ4v) is 6.47. The minimum absolute atomic E-state index is 0.141. The summed E-state index contributed by atoms with van der Waals surface area (Å²) in [6.07, 6.45) is 18.0. The molecular weight excluding hydrogens is 620 g/mol. The Morgan fingerprint density at radius 1 is 0.460 bits per heavy atom. The van der Waals surface area contributed by atoms with Crippen LogP contribution in [0.5, 0.6) is 0 Å². The minimum atomic E-state index is 0.141. The summed E-state index contributed by atoms with van der Waals surface area (Å²) in [5.41, 5.74) is 4.24. The maximum atomic E-state index is 12.7. The van der Waals surface area contributed by atoms with Crippen molar-refractivity contribution in [3.8, 4) is 11.1 Å². The molecule has 0 aliphatic rings. The predicted molar refractivity (Wildman–Crippen MR) is 211 cm³/mol. The Hall–Kier alpha value is -2.38. The maximum Gasteiger partial charge on any atom is 0.158 e. The van der Waals surface area contributed by atoms with Crippen LogP contribution in [0.2, 0.25) is 0 Å². The number of carbonyl (C=O) groups excluding carboxylic acids is 2. The third-order valence-corrected chi connectivity index (χ3v) is 9.54. The van der Waals surface area contributed by atoms with Gasteiger partial charge in [0.25, 0.3) is 0 Å². The Labute approximate surface area is 306 Å². The van der Waals surface area contributed by atoms with Crippen molar-refractivity contribution in [2.45, 2.75) is 144 Å². The quantitative estimate of drug-likeness (QED) is 0.0694. The lowest BCUT2D eigenvalue weighted by atomic mass is 9.96. The van der Waals surface area contributed by atoms with Gasteiger partial charge >= 0.3 is 0 Å². The highest BCUT2D eigenvalue weighted by Gasteiger charge is 2.13. The van der Waals surface area contributed by atoms with Crippen LogP contribution >= 0.6 is 0 Å². The molecule has 0 aliphatic carbocycles. The number of benzene rings is 2. The highest BCUT2D eigenvalue weighted by molar-refractivity contribution is 5.80. The zero-order chi connectivity index (χ0) is 36.1. The molecule has 6 nitrogen and oxygen atoms in total. The van der Waals surface area contributed by atoms with E-state index < -0.39 is 0 Å². The van der Waals surface area contributed by atoms with Gasteiger partial charge in [0.1, 0.15) is 13.2 Å². The first-order valence-corrected chi connectivity index (χ1v) is 20.3. The van der Waals surface area contributed by atoms with Gasteiger partial charge in [-0.05, 0) is 100 Å². The zero-order valence-corrected chi connectivity index (χ0v) is 32.5. The second-order valence-corrected chi connectivity index (χ2v) is 14.1. The summed E-state index contributed by atoms with van der Waals surface area (Å²) in [4.78, 5) is 30.5. The largest absolute Gasteiger partial charge is 0.369 e. The van der Waals surface area contributed by atoms with E-state index >= 15 is 0 Å². The summed E-state index contributed by atoms with van der Waals surface area (Å²) in [5, 5.41) is 0. The lowest BCUT2D eigenvalue weighted by Crippen LogP contribution is -2.28. The summed E-state index contributed by atoms with van der Waals surface area (Å²) in [6.45, 7) is 16.5. The second kappa shape index (κ2) is 29.2. The number of ether oxygens (including phenoxy) is 2. The van der Waals surface area contributed by atoms with Crippen molar-refractivity contribution in [2.24, 2.45) is 0 Å². The maximum absolute atomic E-state index is 12.7. The van der Waals surface area contributed by atoms with Gasteiger partial charge < -0.3 is 19.3 Å². The molecule has 0 aromatic heterocycles. The van der Waals surface area contributed by atoms with Gasteiger partial charge in [0.15, 0.2) is 11.6 Å². The molecule has 0 bridgehead atoms. The highest BCUT2D eigenvalue weighted by atomic mass is 16.5. The summed E-state index contributed by atoms with van der Waals surface area (Å²) in [5.74, 6) is 0.339. The molecule has 0 N–H and O–H groups in total. The number of hydrogen-bond donors (Lipinski definition) is 0. The van der Waals surface area contributed by atoms with E-state index in [-0.39, 0.29) is 24.8 Å². The molecule has 2 rings (SSSR count). The van der Waals surface area contributed by atoms with Gasteiger partial charge in [0.2, 0.25) is 0 Å². The number of nitrogens with zero attached hydrogens (tertiary/aromatic N) is 2. The molecule has 50 heavy (non-hydrogen) atoms. The summed E-state index contributed by atoms with van der Waals surface area (Å²) < 4.78 is 12.0. The van der Waals surface area contributed by atoms with Gasteiger partial charge in [0.05, 0.1) is 13.2 Å². The number of carbonyl (C=O) groups is 2. The molecule has 2 aromatic rings. The van der Waals surface area contributed by atoms with Crippen LogP contribution in [-0.2, 0) is 32.3 Å². The lowest BCUT2D eigenvalue weighted by Gasteiger charge is -2.22. The second-order valence-electron chi connectivity index (χ2n) is 14.1. The molecular formula is C44H72N2O4. The lowest BCUT2D eigenvalue weighted by molar-refractivity contribution is -0.124. The number of unbranched alkanes of at least 4 members (excludes halogenated alkanes) is 8. The van der Waals surface area contributed by atoms with Crippen LogP contribution in [-0.4, -0.2) is 73.8 Å². The third kappa shape index (κ3) is 19.9. The van der Waals surface area contributed by atoms with Gasteiger partial charge in [-0.1, -0.05) is 128 Å². The first-order valence-electron chi connectivity index (χ1n) is 20.3. The zero-order valence-electron chi connectivity index (χ0n) is 32.5. The minimum Gasteiger partial charge on any atom is -0.369 e.